The summed E-state index contributed by atoms with van der Waals surface area (Å²) in [5, 5.41) is 0. The van der Waals surface area contributed by atoms with Gasteiger partial charge in [0.1, 0.15) is 42.7 Å². The minimum Gasteiger partial charge on any atom is -0.454 e. The summed E-state index contributed by atoms with van der Waals surface area (Å²) < 4.78 is 86.4. The summed E-state index contributed by atoms with van der Waals surface area (Å²) in [5.41, 5.74) is 0. The van der Waals surface area contributed by atoms with E-state index in [9.17, 15) is 4.79 Å². The van der Waals surface area contributed by atoms with Gasteiger partial charge in [-0.15, -0.1) is 0 Å². The van der Waals surface area contributed by atoms with Crippen LogP contribution in [0.15, 0.2) is 0 Å². The first-order valence-electron chi connectivity index (χ1n) is 26.2. The number of carbonyl (C=O) groups excluding carboxylic acids is 1. The van der Waals surface area contributed by atoms with E-state index >= 15 is 0 Å². The highest BCUT2D eigenvalue weighted by atomic mass is 16.8. The van der Waals surface area contributed by atoms with E-state index in [1.54, 1.807) is 0 Å². The van der Waals surface area contributed by atoms with Crippen molar-refractivity contribution in [2.24, 2.45) is 11.8 Å². The summed E-state index contributed by atoms with van der Waals surface area (Å²) >= 11 is 0. The molecule has 0 saturated carbocycles. The van der Waals surface area contributed by atoms with E-state index in [1.807, 2.05) is 0 Å². The summed E-state index contributed by atoms with van der Waals surface area (Å²) in [6.07, 6.45) is 6.02. The van der Waals surface area contributed by atoms with Crippen LogP contribution in [0, 0.1) is 11.8 Å². The second kappa shape index (κ2) is 34.3. The Bertz CT molecular complexity index is 1180. The molecule has 3 saturated heterocycles. The van der Waals surface area contributed by atoms with Crippen LogP contribution in [0.3, 0.4) is 0 Å². The van der Waals surface area contributed by atoms with Crippen LogP contribution < -0.4 is 0 Å². The lowest BCUT2D eigenvalue weighted by atomic mass is 9.88. The predicted molar refractivity (Wildman–Crippen MR) is 251 cm³/mol. The van der Waals surface area contributed by atoms with Crippen LogP contribution in [0.2, 0.25) is 0 Å². The van der Waals surface area contributed by atoms with Crippen molar-refractivity contribution in [2.75, 3.05) is 66.1 Å². The number of hydrogen-bond donors (Lipinski definition) is 0. The standard InChI is InChI=1S/C51H96O14/c1-12-19-26-53-33-40-45(57-30-23-16-5)44(56-29-22-15-4)37(9)50(63-40)60-35-42-47(43(55-28-21-14-3)36(8)38(10)61-42)65-51-49(62-39(11)52)48(59-32-25-18-7)46(58-31-24-17-6)41(64-51)34-54-27-20-13-2/h36-38,40-51H,12-35H2,1-11H3/t36?,37?,38-,40?,41?,42?,43-,44-,45-,46-,47-,48+,49?,50-,51-/m1/s1. The summed E-state index contributed by atoms with van der Waals surface area (Å²) in [6, 6.07) is 0. The molecule has 3 heterocycles. The molecule has 3 aliphatic rings. The van der Waals surface area contributed by atoms with E-state index in [2.05, 4.69) is 69.2 Å². The van der Waals surface area contributed by atoms with Gasteiger partial charge in [0, 0.05) is 65.0 Å². The van der Waals surface area contributed by atoms with Crippen molar-refractivity contribution in [3.05, 3.63) is 0 Å². The van der Waals surface area contributed by atoms with Crippen molar-refractivity contribution < 1.29 is 66.4 Å². The fourth-order valence-corrected chi connectivity index (χ4v) is 8.50. The van der Waals surface area contributed by atoms with E-state index in [0.717, 1.165) is 89.9 Å². The van der Waals surface area contributed by atoms with Gasteiger partial charge in [-0.05, 0) is 51.9 Å². The minimum absolute atomic E-state index is 0.0503. The third-order valence-electron chi connectivity index (χ3n) is 12.8. The van der Waals surface area contributed by atoms with Crippen LogP contribution in [0.5, 0.6) is 0 Å². The highest BCUT2D eigenvalue weighted by Crippen LogP contribution is 2.38. The zero-order valence-corrected chi connectivity index (χ0v) is 42.8. The van der Waals surface area contributed by atoms with Crippen LogP contribution in [-0.2, 0) is 66.4 Å². The Balaban J connectivity index is 2.04. The Hall–Kier alpha value is -1.01. The molecule has 0 aliphatic carbocycles. The molecule has 3 aliphatic heterocycles. The second-order valence-corrected chi connectivity index (χ2v) is 18.5. The second-order valence-electron chi connectivity index (χ2n) is 18.5. The van der Waals surface area contributed by atoms with Gasteiger partial charge in [0.05, 0.1) is 38.1 Å². The molecule has 15 atom stereocenters. The van der Waals surface area contributed by atoms with Crippen molar-refractivity contribution >= 4 is 5.97 Å². The molecule has 3 rings (SSSR count). The molecule has 14 nitrogen and oxygen atoms in total. The van der Waals surface area contributed by atoms with Crippen molar-refractivity contribution in [2.45, 2.75) is 246 Å². The van der Waals surface area contributed by atoms with Crippen molar-refractivity contribution in [3.63, 3.8) is 0 Å². The Morgan fingerprint density at radius 2 is 0.785 bits per heavy atom. The largest absolute Gasteiger partial charge is 0.454 e. The van der Waals surface area contributed by atoms with Gasteiger partial charge in [0.2, 0.25) is 0 Å². The molecule has 0 aromatic carbocycles. The zero-order chi connectivity index (χ0) is 47.4. The van der Waals surface area contributed by atoms with Gasteiger partial charge in [0.15, 0.2) is 18.7 Å². The number of esters is 1. The molecule has 6 unspecified atom stereocenters. The molecule has 3 fully saturated rings. The molecule has 0 aromatic heterocycles. The summed E-state index contributed by atoms with van der Waals surface area (Å²) in [7, 11) is 0. The lowest BCUT2D eigenvalue weighted by Gasteiger charge is -2.50. The smallest absolute Gasteiger partial charge is 0.303 e. The fraction of sp³-hybridized carbons (Fsp3) is 0.980. The third-order valence-corrected chi connectivity index (χ3v) is 12.8. The number of hydrogen-bond acceptors (Lipinski definition) is 14. The first-order valence-corrected chi connectivity index (χ1v) is 26.2. The first-order chi connectivity index (χ1) is 31.6. The van der Waals surface area contributed by atoms with Gasteiger partial charge >= 0.3 is 5.97 Å². The van der Waals surface area contributed by atoms with E-state index in [1.165, 1.54) is 6.92 Å². The van der Waals surface area contributed by atoms with Gasteiger partial charge in [-0.3, -0.25) is 4.79 Å². The molecule has 0 N–H and O–H groups in total. The fourth-order valence-electron chi connectivity index (χ4n) is 8.50. The third kappa shape index (κ3) is 19.7. The van der Waals surface area contributed by atoms with Gasteiger partial charge < -0.3 is 61.6 Å². The molecule has 14 heteroatoms. The van der Waals surface area contributed by atoms with Crippen LogP contribution in [0.25, 0.3) is 0 Å². The minimum atomic E-state index is -1.06. The van der Waals surface area contributed by atoms with E-state index in [4.69, 9.17) is 61.6 Å². The predicted octanol–water partition coefficient (Wildman–Crippen LogP) is 9.39. The SMILES string of the molecule is CCCCOCC1O[C@@H](OCC2O[C@H](C)C(C)[C@@H](OCCCC)[C@@H]2O[C@H]2OC(COCCCC)[C@@H](OCCCC)[C@H](OCCCC)C2OC(C)=O)C(C)[C@@H](OCCCC)[C@@H]1OCCCC. The van der Waals surface area contributed by atoms with Gasteiger partial charge in [-0.25, -0.2) is 0 Å². The Kier molecular flexibility index (Phi) is 30.8. The number of carbonyl (C=O) groups is 1. The zero-order valence-electron chi connectivity index (χ0n) is 42.8. The maximum absolute atomic E-state index is 13.0. The number of ether oxygens (including phenoxy) is 13. The number of rotatable bonds is 36. The van der Waals surface area contributed by atoms with Gasteiger partial charge in [0.25, 0.3) is 0 Å². The number of unbranched alkanes of at least 4 members (excludes halogenated alkanes) is 7. The molecular formula is C51H96O14. The molecule has 384 valence electrons. The maximum atomic E-state index is 13.0. The van der Waals surface area contributed by atoms with Crippen molar-refractivity contribution in [1.82, 2.24) is 0 Å². The Labute approximate surface area is 395 Å². The molecule has 0 spiro atoms. The summed E-state index contributed by atoms with van der Waals surface area (Å²) in [5.74, 6) is -0.691. The Morgan fingerprint density at radius 3 is 1.25 bits per heavy atom. The van der Waals surface area contributed by atoms with Crippen molar-refractivity contribution in [3.8, 4) is 0 Å². The molecule has 0 radical (unpaired) electrons. The highest BCUT2D eigenvalue weighted by Gasteiger charge is 2.54. The lowest BCUT2D eigenvalue weighted by Crippen LogP contribution is -2.65. The maximum Gasteiger partial charge on any atom is 0.303 e. The van der Waals surface area contributed by atoms with E-state index < -0.39 is 67.4 Å². The average Bonchev–Trinajstić information content (AvgIpc) is 3.29. The van der Waals surface area contributed by atoms with Crippen LogP contribution in [-0.4, -0.2) is 152 Å². The molecule has 0 aromatic rings. The van der Waals surface area contributed by atoms with Crippen molar-refractivity contribution in [1.29, 1.82) is 0 Å². The summed E-state index contributed by atoms with van der Waals surface area (Å²) in [6.45, 7) is 27.5. The van der Waals surface area contributed by atoms with Crippen LogP contribution >= 0.6 is 0 Å². The normalized spacial score (nSPS) is 33.1. The highest BCUT2D eigenvalue weighted by molar-refractivity contribution is 5.66. The molecular weight excluding hydrogens is 837 g/mol. The Morgan fingerprint density at radius 1 is 0.400 bits per heavy atom. The van der Waals surface area contributed by atoms with Gasteiger partial charge in [-0.2, -0.15) is 0 Å². The van der Waals surface area contributed by atoms with Crippen LogP contribution in [0.1, 0.15) is 166 Å². The quantitative estimate of drug-likeness (QED) is 0.0436. The summed E-state index contributed by atoms with van der Waals surface area (Å²) in [4.78, 5) is 13.0. The average molecular weight is 933 g/mol. The van der Waals surface area contributed by atoms with E-state index in [-0.39, 0.29) is 43.4 Å². The lowest BCUT2D eigenvalue weighted by molar-refractivity contribution is -0.354. The monoisotopic (exact) mass is 933 g/mol. The van der Waals surface area contributed by atoms with Gasteiger partial charge in [-0.1, -0.05) is 107 Å². The molecule has 0 bridgehead atoms. The van der Waals surface area contributed by atoms with E-state index in [0.29, 0.717) is 52.9 Å². The van der Waals surface area contributed by atoms with Crippen LogP contribution in [0.4, 0.5) is 0 Å². The molecule has 0 amide bonds. The molecule has 65 heavy (non-hydrogen) atoms. The topological polar surface area (TPSA) is 137 Å². The first kappa shape index (κ1) is 58.3.